The average Bonchev–Trinajstić information content (AvgIpc) is 1.87. The fourth-order valence-corrected chi connectivity index (χ4v) is 0.769. The maximum absolute atomic E-state index is 10.7. The molecule has 4 nitrogen and oxygen atoms in total. The second-order valence-electron chi connectivity index (χ2n) is 2.24. The molecular weight excluding hydrogens is 146 g/mol. The van der Waals surface area contributed by atoms with Crippen LogP contribution >= 0.6 is 0 Å². The van der Waals surface area contributed by atoms with E-state index in [-0.39, 0.29) is 12.3 Å². The highest BCUT2D eigenvalue weighted by atomic mass is 16.4. The summed E-state index contributed by atoms with van der Waals surface area (Å²) in [6.07, 6.45) is 0.0212. The summed E-state index contributed by atoms with van der Waals surface area (Å²) < 4.78 is 0. The zero-order chi connectivity index (χ0) is 8.85. The fourth-order valence-electron chi connectivity index (χ4n) is 0.769. The van der Waals surface area contributed by atoms with Gasteiger partial charge in [-0.15, -0.1) is 0 Å². The van der Waals surface area contributed by atoms with Crippen LogP contribution in [0.5, 0.6) is 0 Å². The third-order valence-corrected chi connectivity index (χ3v) is 1.42. The zero-order valence-electron chi connectivity index (χ0n) is 6.83. The van der Waals surface area contributed by atoms with Crippen molar-refractivity contribution in [3.63, 3.8) is 0 Å². The number of nitrogens with zero attached hydrogens (tertiary/aromatic N) is 1. The monoisotopic (exact) mass is 159 g/mol. The molecular formula is C7H13NO3. The predicted molar refractivity (Wildman–Crippen MR) is 40.2 cm³/mol. The minimum Gasteiger partial charge on any atom is -0.481 e. The van der Waals surface area contributed by atoms with Gasteiger partial charge in [0.15, 0.2) is 0 Å². The number of carboxylic acids is 1. The van der Waals surface area contributed by atoms with Crippen LogP contribution in [-0.4, -0.2) is 35.0 Å². The van der Waals surface area contributed by atoms with Crippen LogP contribution in [-0.2, 0) is 9.59 Å². The van der Waals surface area contributed by atoms with Gasteiger partial charge in [0.05, 0.1) is 6.42 Å². The molecule has 0 aromatic heterocycles. The Morgan fingerprint density at radius 2 is 2.00 bits per heavy atom. The van der Waals surface area contributed by atoms with E-state index < -0.39 is 5.97 Å². The van der Waals surface area contributed by atoms with E-state index in [0.29, 0.717) is 13.1 Å². The molecule has 1 amide bonds. The van der Waals surface area contributed by atoms with Crippen molar-refractivity contribution < 1.29 is 14.7 Å². The summed E-state index contributed by atoms with van der Waals surface area (Å²) >= 11 is 0. The van der Waals surface area contributed by atoms with Gasteiger partial charge >= 0.3 is 5.97 Å². The van der Waals surface area contributed by atoms with Crippen LogP contribution < -0.4 is 0 Å². The molecule has 0 saturated carbocycles. The Labute approximate surface area is 65.8 Å². The molecule has 0 atom stereocenters. The summed E-state index contributed by atoms with van der Waals surface area (Å²) in [6, 6.07) is 0. The Morgan fingerprint density at radius 1 is 1.45 bits per heavy atom. The van der Waals surface area contributed by atoms with Gasteiger partial charge in [-0.05, 0) is 6.92 Å². The molecule has 0 fully saturated rings. The van der Waals surface area contributed by atoms with Crippen LogP contribution in [0.3, 0.4) is 0 Å². The summed E-state index contributed by atoms with van der Waals surface area (Å²) in [4.78, 5) is 22.3. The van der Waals surface area contributed by atoms with Crippen LogP contribution in [0.15, 0.2) is 0 Å². The van der Waals surface area contributed by atoms with Crippen LogP contribution in [0.25, 0.3) is 0 Å². The normalized spacial score (nSPS) is 9.27. The molecule has 0 bridgehead atoms. The van der Waals surface area contributed by atoms with E-state index >= 15 is 0 Å². The number of carbonyl (C=O) groups is 2. The molecule has 0 aromatic carbocycles. The maximum atomic E-state index is 10.7. The SMILES string of the molecule is CCN(CCC(=O)O)C(C)=O. The van der Waals surface area contributed by atoms with Gasteiger partial charge in [-0.25, -0.2) is 0 Å². The summed E-state index contributed by atoms with van der Waals surface area (Å²) in [5, 5.41) is 8.30. The standard InChI is InChI=1S/C7H13NO3/c1-3-8(6(2)9)5-4-7(10)11/h3-5H2,1-2H3,(H,10,11). The molecule has 0 rings (SSSR count). The van der Waals surface area contributed by atoms with Crippen molar-refractivity contribution in [3.8, 4) is 0 Å². The minimum absolute atomic E-state index is 0.0212. The van der Waals surface area contributed by atoms with E-state index in [1.165, 1.54) is 11.8 Å². The van der Waals surface area contributed by atoms with Gasteiger partial charge < -0.3 is 10.0 Å². The minimum atomic E-state index is -0.871. The van der Waals surface area contributed by atoms with Crippen LogP contribution in [0.1, 0.15) is 20.3 Å². The Bertz CT molecular complexity index is 156. The Morgan fingerprint density at radius 3 is 2.27 bits per heavy atom. The van der Waals surface area contributed by atoms with E-state index in [1.54, 1.807) is 0 Å². The van der Waals surface area contributed by atoms with Crippen LogP contribution in [0.2, 0.25) is 0 Å². The number of rotatable bonds is 4. The molecule has 11 heavy (non-hydrogen) atoms. The number of hydrogen-bond donors (Lipinski definition) is 1. The average molecular weight is 159 g/mol. The van der Waals surface area contributed by atoms with Gasteiger partial charge in [-0.3, -0.25) is 9.59 Å². The van der Waals surface area contributed by atoms with Crippen molar-refractivity contribution in [2.75, 3.05) is 13.1 Å². The van der Waals surface area contributed by atoms with Gasteiger partial charge in [0.1, 0.15) is 0 Å². The van der Waals surface area contributed by atoms with Gasteiger partial charge in [0.25, 0.3) is 0 Å². The van der Waals surface area contributed by atoms with Crippen molar-refractivity contribution >= 4 is 11.9 Å². The smallest absolute Gasteiger partial charge is 0.305 e. The molecule has 0 aliphatic rings. The lowest BCUT2D eigenvalue weighted by Gasteiger charge is -2.16. The van der Waals surface area contributed by atoms with Crippen molar-refractivity contribution in [2.24, 2.45) is 0 Å². The van der Waals surface area contributed by atoms with E-state index in [0.717, 1.165) is 0 Å². The van der Waals surface area contributed by atoms with Crippen molar-refractivity contribution in [1.29, 1.82) is 0 Å². The second kappa shape index (κ2) is 4.71. The molecule has 0 saturated heterocycles. The highest BCUT2D eigenvalue weighted by Crippen LogP contribution is 1.91. The fraction of sp³-hybridized carbons (Fsp3) is 0.714. The van der Waals surface area contributed by atoms with Crippen molar-refractivity contribution in [2.45, 2.75) is 20.3 Å². The molecule has 1 N–H and O–H groups in total. The third kappa shape index (κ3) is 4.36. The Hall–Kier alpha value is -1.06. The maximum Gasteiger partial charge on any atom is 0.305 e. The highest BCUT2D eigenvalue weighted by molar-refractivity contribution is 5.74. The summed E-state index contributed by atoms with van der Waals surface area (Å²) in [6.45, 7) is 4.14. The molecule has 64 valence electrons. The van der Waals surface area contributed by atoms with Crippen molar-refractivity contribution in [3.05, 3.63) is 0 Å². The zero-order valence-corrected chi connectivity index (χ0v) is 6.83. The number of carboxylic acid groups (broad SMARTS) is 1. The van der Waals surface area contributed by atoms with Crippen LogP contribution in [0.4, 0.5) is 0 Å². The first-order chi connectivity index (χ1) is 5.07. The second-order valence-corrected chi connectivity index (χ2v) is 2.24. The van der Waals surface area contributed by atoms with Gasteiger partial charge in [-0.2, -0.15) is 0 Å². The molecule has 0 unspecified atom stereocenters. The molecule has 0 radical (unpaired) electrons. The van der Waals surface area contributed by atoms with E-state index in [2.05, 4.69) is 0 Å². The topological polar surface area (TPSA) is 57.6 Å². The summed E-state index contributed by atoms with van der Waals surface area (Å²) in [7, 11) is 0. The van der Waals surface area contributed by atoms with Gasteiger partial charge in [0.2, 0.25) is 5.91 Å². The first-order valence-corrected chi connectivity index (χ1v) is 3.55. The first-order valence-electron chi connectivity index (χ1n) is 3.55. The van der Waals surface area contributed by atoms with Gasteiger partial charge in [0, 0.05) is 20.0 Å². The lowest BCUT2D eigenvalue weighted by Crippen LogP contribution is -2.30. The number of hydrogen-bond acceptors (Lipinski definition) is 2. The molecule has 0 heterocycles. The quantitative estimate of drug-likeness (QED) is 0.643. The third-order valence-electron chi connectivity index (χ3n) is 1.42. The Balaban J connectivity index is 3.70. The largest absolute Gasteiger partial charge is 0.481 e. The molecule has 0 aromatic rings. The molecule has 0 spiro atoms. The first kappa shape index (κ1) is 9.94. The lowest BCUT2D eigenvalue weighted by atomic mass is 10.4. The lowest BCUT2D eigenvalue weighted by molar-refractivity contribution is -0.138. The number of carbonyl (C=O) groups excluding carboxylic acids is 1. The molecule has 0 aliphatic carbocycles. The highest BCUT2D eigenvalue weighted by Gasteiger charge is 2.06. The molecule has 4 heteroatoms. The number of aliphatic carboxylic acids is 1. The Kier molecular flexibility index (Phi) is 4.26. The van der Waals surface area contributed by atoms with E-state index in [1.807, 2.05) is 6.92 Å². The van der Waals surface area contributed by atoms with Crippen molar-refractivity contribution in [1.82, 2.24) is 4.90 Å². The van der Waals surface area contributed by atoms with E-state index in [4.69, 9.17) is 5.11 Å². The predicted octanol–water partition coefficient (Wildman–Crippen LogP) is 0.329. The molecule has 0 aliphatic heterocycles. The van der Waals surface area contributed by atoms with Crippen LogP contribution in [0, 0.1) is 0 Å². The summed E-state index contributed by atoms with van der Waals surface area (Å²) in [5.74, 6) is -0.946. The summed E-state index contributed by atoms with van der Waals surface area (Å²) in [5.41, 5.74) is 0. The number of amides is 1. The van der Waals surface area contributed by atoms with Gasteiger partial charge in [-0.1, -0.05) is 0 Å². The van der Waals surface area contributed by atoms with E-state index in [9.17, 15) is 9.59 Å².